The van der Waals surface area contributed by atoms with E-state index >= 15 is 0 Å². The summed E-state index contributed by atoms with van der Waals surface area (Å²) in [5, 5.41) is 12.5. The second-order valence-corrected chi connectivity index (χ2v) is 6.49. The van der Waals surface area contributed by atoms with E-state index in [0.717, 1.165) is 56.6 Å². The van der Waals surface area contributed by atoms with Crippen LogP contribution in [0.2, 0.25) is 0 Å². The normalized spacial score (nSPS) is 21.0. The van der Waals surface area contributed by atoms with Gasteiger partial charge >= 0.3 is 0 Å². The molecule has 0 radical (unpaired) electrons. The van der Waals surface area contributed by atoms with Crippen molar-refractivity contribution < 1.29 is 0 Å². The van der Waals surface area contributed by atoms with Crippen molar-refractivity contribution in [3.63, 3.8) is 0 Å². The first-order valence-electron chi connectivity index (χ1n) is 8.48. The molecule has 1 unspecified atom stereocenters. The van der Waals surface area contributed by atoms with E-state index in [-0.39, 0.29) is 5.56 Å². The number of aryl methyl sites for hydroxylation is 2. The van der Waals surface area contributed by atoms with E-state index in [0.29, 0.717) is 12.6 Å². The first-order chi connectivity index (χ1) is 11.3. The summed E-state index contributed by atoms with van der Waals surface area (Å²) in [6.07, 6.45) is 9.04. The van der Waals surface area contributed by atoms with E-state index < -0.39 is 0 Å². The maximum Gasteiger partial charge on any atom is 0.267 e. The second-order valence-electron chi connectivity index (χ2n) is 6.49. The molecule has 0 bridgehead atoms. The highest BCUT2D eigenvalue weighted by molar-refractivity contribution is 5.22. The van der Waals surface area contributed by atoms with E-state index in [1.54, 1.807) is 16.9 Å². The van der Waals surface area contributed by atoms with Crippen LogP contribution in [0, 0.1) is 0 Å². The molecule has 0 aromatic carbocycles. The van der Waals surface area contributed by atoms with Crippen LogP contribution in [0.4, 0.5) is 0 Å². The molecule has 1 aliphatic heterocycles. The minimum absolute atomic E-state index is 0.0498. The first kappa shape index (κ1) is 14.6. The SMILES string of the molecule is O=c1cc2c(nn1CC1CCCN1CCn1ccnn1)CCC2. The summed E-state index contributed by atoms with van der Waals surface area (Å²) in [7, 11) is 0. The summed E-state index contributed by atoms with van der Waals surface area (Å²) in [5.74, 6) is 0. The van der Waals surface area contributed by atoms with Crippen LogP contribution in [-0.2, 0) is 25.9 Å². The van der Waals surface area contributed by atoms with Gasteiger partial charge in [-0.2, -0.15) is 5.10 Å². The highest BCUT2D eigenvalue weighted by atomic mass is 16.1. The zero-order valence-corrected chi connectivity index (χ0v) is 13.3. The Hall–Kier alpha value is -2.02. The second kappa shape index (κ2) is 6.23. The van der Waals surface area contributed by atoms with E-state index in [1.807, 2.05) is 10.9 Å². The lowest BCUT2D eigenvalue weighted by molar-refractivity contribution is 0.213. The quantitative estimate of drug-likeness (QED) is 0.803. The molecule has 1 fully saturated rings. The highest BCUT2D eigenvalue weighted by Crippen LogP contribution is 2.20. The number of aromatic nitrogens is 5. The monoisotopic (exact) mass is 314 g/mol. The molecule has 2 aromatic heterocycles. The van der Waals surface area contributed by atoms with Gasteiger partial charge in [-0.15, -0.1) is 5.10 Å². The fourth-order valence-electron chi connectivity index (χ4n) is 3.75. The Balaban J connectivity index is 1.44. The topological polar surface area (TPSA) is 68.8 Å². The van der Waals surface area contributed by atoms with Crippen molar-refractivity contribution in [3.05, 3.63) is 40.1 Å². The van der Waals surface area contributed by atoms with Crippen molar-refractivity contribution in [1.82, 2.24) is 29.7 Å². The predicted octanol–water partition coefficient (Wildman–Crippen LogP) is 0.488. The van der Waals surface area contributed by atoms with Crippen LogP contribution in [0.1, 0.15) is 30.5 Å². The number of fused-ring (bicyclic) bond motifs is 1. The lowest BCUT2D eigenvalue weighted by Crippen LogP contribution is -2.38. The lowest BCUT2D eigenvalue weighted by Gasteiger charge is -2.24. The Morgan fingerprint density at radius 2 is 2.17 bits per heavy atom. The molecule has 0 spiro atoms. The van der Waals surface area contributed by atoms with Gasteiger partial charge < -0.3 is 0 Å². The van der Waals surface area contributed by atoms with Crippen LogP contribution in [-0.4, -0.2) is 48.8 Å². The molecule has 4 rings (SSSR count). The van der Waals surface area contributed by atoms with Gasteiger partial charge in [-0.05, 0) is 44.2 Å². The highest BCUT2D eigenvalue weighted by Gasteiger charge is 2.26. The Labute approximate surface area is 134 Å². The third-order valence-corrected chi connectivity index (χ3v) is 4.99. The zero-order chi connectivity index (χ0) is 15.6. The van der Waals surface area contributed by atoms with Crippen molar-refractivity contribution in [3.8, 4) is 0 Å². The molecular weight excluding hydrogens is 292 g/mol. The van der Waals surface area contributed by atoms with Crippen LogP contribution in [0.5, 0.6) is 0 Å². The van der Waals surface area contributed by atoms with Crippen LogP contribution in [0.3, 0.4) is 0 Å². The Morgan fingerprint density at radius 1 is 1.22 bits per heavy atom. The van der Waals surface area contributed by atoms with Crippen LogP contribution < -0.4 is 5.56 Å². The average Bonchev–Trinajstić information content (AvgIpc) is 3.26. The van der Waals surface area contributed by atoms with Crippen LogP contribution >= 0.6 is 0 Å². The van der Waals surface area contributed by atoms with Crippen molar-refractivity contribution in [2.24, 2.45) is 0 Å². The minimum Gasteiger partial charge on any atom is -0.297 e. The molecule has 0 amide bonds. The number of rotatable bonds is 5. The summed E-state index contributed by atoms with van der Waals surface area (Å²) in [6.45, 7) is 3.55. The van der Waals surface area contributed by atoms with Gasteiger partial charge in [-0.1, -0.05) is 5.21 Å². The first-order valence-corrected chi connectivity index (χ1v) is 8.48. The Bertz CT molecular complexity index is 723. The molecule has 1 saturated heterocycles. The molecule has 0 saturated carbocycles. The molecule has 23 heavy (non-hydrogen) atoms. The summed E-state index contributed by atoms with van der Waals surface area (Å²) in [5.41, 5.74) is 2.33. The molecule has 122 valence electrons. The van der Waals surface area contributed by atoms with Crippen molar-refractivity contribution >= 4 is 0 Å². The molecule has 1 aliphatic carbocycles. The molecule has 2 aliphatic rings. The van der Waals surface area contributed by atoms with Gasteiger partial charge in [0.2, 0.25) is 0 Å². The number of hydrogen-bond acceptors (Lipinski definition) is 5. The predicted molar refractivity (Wildman–Crippen MR) is 85.1 cm³/mol. The zero-order valence-electron chi connectivity index (χ0n) is 13.3. The molecule has 1 atom stereocenters. The molecule has 3 heterocycles. The Morgan fingerprint density at radius 3 is 3.04 bits per heavy atom. The van der Waals surface area contributed by atoms with Crippen molar-refractivity contribution in [2.75, 3.05) is 13.1 Å². The maximum absolute atomic E-state index is 12.3. The van der Waals surface area contributed by atoms with Gasteiger partial charge in [0.1, 0.15) is 0 Å². The van der Waals surface area contributed by atoms with E-state index in [9.17, 15) is 4.79 Å². The lowest BCUT2D eigenvalue weighted by atomic mass is 10.2. The van der Waals surface area contributed by atoms with Crippen molar-refractivity contribution in [2.45, 2.75) is 51.2 Å². The third-order valence-electron chi connectivity index (χ3n) is 4.99. The Kier molecular flexibility index (Phi) is 3.95. The van der Waals surface area contributed by atoms with Crippen molar-refractivity contribution in [1.29, 1.82) is 0 Å². The maximum atomic E-state index is 12.3. The van der Waals surface area contributed by atoms with Gasteiger partial charge in [0.15, 0.2) is 0 Å². The number of likely N-dealkylation sites (tertiary alicyclic amines) is 1. The summed E-state index contributed by atoms with van der Waals surface area (Å²) in [6, 6.07) is 2.19. The van der Waals surface area contributed by atoms with E-state index in [4.69, 9.17) is 0 Å². The summed E-state index contributed by atoms with van der Waals surface area (Å²) < 4.78 is 3.54. The molecular formula is C16H22N6O. The van der Waals surface area contributed by atoms with Gasteiger partial charge in [0.05, 0.1) is 25.0 Å². The van der Waals surface area contributed by atoms with E-state index in [2.05, 4.69) is 20.3 Å². The standard InChI is InChI=1S/C16H22N6O/c23-16-11-13-3-1-5-15(13)18-22(16)12-14-4-2-7-20(14)9-10-21-8-6-17-19-21/h6,8,11,14H,1-5,7,9-10,12H2. The molecule has 7 nitrogen and oxygen atoms in total. The van der Waals surface area contributed by atoms with Gasteiger partial charge in [0, 0.05) is 24.8 Å². The molecule has 0 N–H and O–H groups in total. The van der Waals surface area contributed by atoms with Gasteiger partial charge in [-0.25, -0.2) is 4.68 Å². The average molecular weight is 314 g/mol. The smallest absolute Gasteiger partial charge is 0.267 e. The molecule has 7 heteroatoms. The van der Waals surface area contributed by atoms with Crippen LogP contribution in [0.15, 0.2) is 23.3 Å². The van der Waals surface area contributed by atoms with Gasteiger partial charge in [0.25, 0.3) is 5.56 Å². The number of nitrogens with zero attached hydrogens (tertiary/aromatic N) is 6. The third kappa shape index (κ3) is 3.06. The molecule has 2 aromatic rings. The summed E-state index contributed by atoms with van der Waals surface area (Å²) >= 11 is 0. The van der Waals surface area contributed by atoms with Crippen LogP contribution in [0.25, 0.3) is 0 Å². The van der Waals surface area contributed by atoms with Gasteiger partial charge in [-0.3, -0.25) is 14.4 Å². The largest absolute Gasteiger partial charge is 0.297 e. The number of hydrogen-bond donors (Lipinski definition) is 0. The summed E-state index contributed by atoms with van der Waals surface area (Å²) in [4.78, 5) is 14.7. The fourth-order valence-corrected chi connectivity index (χ4v) is 3.75. The van der Waals surface area contributed by atoms with E-state index in [1.165, 1.54) is 6.42 Å². The fraction of sp³-hybridized carbons (Fsp3) is 0.625. The minimum atomic E-state index is 0.0498.